The second-order valence-corrected chi connectivity index (χ2v) is 12.2. The van der Waals surface area contributed by atoms with Gasteiger partial charge in [0.15, 0.2) is 0 Å². The number of ether oxygens (including phenoxy) is 1. The lowest BCUT2D eigenvalue weighted by Crippen LogP contribution is -2.64. The van der Waals surface area contributed by atoms with E-state index in [1.807, 2.05) is 0 Å². The van der Waals surface area contributed by atoms with Crippen LogP contribution in [-0.2, 0) is 20.1 Å². The predicted octanol–water partition coefficient (Wildman–Crippen LogP) is 2.55. The summed E-state index contributed by atoms with van der Waals surface area (Å²) in [5, 5.41) is 12.0. The van der Waals surface area contributed by atoms with Gasteiger partial charge in [0.1, 0.15) is 22.5 Å². The molecule has 0 aliphatic carbocycles. The zero-order valence-electron chi connectivity index (χ0n) is 17.5. The standard InChI is InChI=1S/C20H20Cl2FN3O6S2/c21-15-2-4-19(17(22)7-15)34(30,31)26-11-20(12-26,10-25-5-6-33(27,28)29)13-32-16-3-1-14(9-24)18(23)8-16/h1-4,7-8,25H,5-6,10-13H2,(H,27,28,29). The Balaban J connectivity index is 1.74. The number of nitrogens with zero attached hydrogens (tertiary/aromatic N) is 2. The first-order valence-electron chi connectivity index (χ1n) is 9.79. The van der Waals surface area contributed by atoms with Crippen molar-refractivity contribution in [2.45, 2.75) is 4.90 Å². The maximum atomic E-state index is 13.9. The Bertz CT molecular complexity index is 1330. The van der Waals surface area contributed by atoms with Crippen LogP contribution in [0.1, 0.15) is 5.56 Å². The number of rotatable bonds is 10. The minimum Gasteiger partial charge on any atom is -0.493 e. The summed E-state index contributed by atoms with van der Waals surface area (Å²) >= 11 is 11.9. The molecule has 0 amide bonds. The maximum Gasteiger partial charge on any atom is 0.266 e. The molecular weight excluding hydrogens is 532 g/mol. The molecule has 1 heterocycles. The highest BCUT2D eigenvalue weighted by Crippen LogP contribution is 2.37. The molecule has 0 bridgehead atoms. The molecule has 1 fully saturated rings. The van der Waals surface area contributed by atoms with Gasteiger partial charge in [-0.05, 0) is 30.3 Å². The molecule has 0 spiro atoms. The lowest BCUT2D eigenvalue weighted by atomic mass is 9.82. The molecule has 2 aromatic carbocycles. The number of hydrogen-bond acceptors (Lipinski definition) is 7. The van der Waals surface area contributed by atoms with E-state index in [0.717, 1.165) is 6.07 Å². The average Bonchev–Trinajstić information content (AvgIpc) is 2.70. The minimum atomic E-state index is -4.17. The third-order valence-electron chi connectivity index (χ3n) is 5.18. The van der Waals surface area contributed by atoms with E-state index in [-0.39, 0.29) is 59.0 Å². The first kappa shape index (κ1) is 26.6. The van der Waals surface area contributed by atoms with Crippen LogP contribution in [0.15, 0.2) is 41.3 Å². The van der Waals surface area contributed by atoms with Crippen LogP contribution in [0.2, 0.25) is 10.0 Å². The summed E-state index contributed by atoms with van der Waals surface area (Å²) in [6, 6.07) is 9.48. The summed E-state index contributed by atoms with van der Waals surface area (Å²) in [5.74, 6) is -1.13. The molecule has 0 unspecified atom stereocenters. The van der Waals surface area contributed by atoms with Crippen molar-refractivity contribution >= 4 is 43.3 Å². The number of hydrogen-bond donors (Lipinski definition) is 2. The van der Waals surface area contributed by atoms with Crippen molar-refractivity contribution in [1.82, 2.24) is 9.62 Å². The van der Waals surface area contributed by atoms with E-state index in [2.05, 4.69) is 5.32 Å². The van der Waals surface area contributed by atoms with Crippen molar-refractivity contribution in [2.75, 3.05) is 38.5 Å². The Morgan fingerprint density at radius 2 is 1.88 bits per heavy atom. The molecule has 0 aromatic heterocycles. The summed E-state index contributed by atoms with van der Waals surface area (Å²) < 4.78 is 77.6. The lowest BCUT2D eigenvalue weighted by molar-refractivity contribution is 0.0198. The van der Waals surface area contributed by atoms with Gasteiger partial charge in [-0.2, -0.15) is 18.0 Å². The highest BCUT2D eigenvalue weighted by molar-refractivity contribution is 7.89. The summed E-state index contributed by atoms with van der Waals surface area (Å²) in [7, 11) is -8.11. The first-order valence-corrected chi connectivity index (χ1v) is 13.6. The van der Waals surface area contributed by atoms with Crippen LogP contribution in [0.4, 0.5) is 4.39 Å². The summed E-state index contributed by atoms with van der Waals surface area (Å²) in [5.41, 5.74) is -0.926. The fraction of sp³-hybridized carbons (Fsp3) is 0.350. The lowest BCUT2D eigenvalue weighted by Gasteiger charge is -2.49. The SMILES string of the molecule is N#Cc1ccc(OCC2(CNCCS(=O)(=O)O)CN(S(=O)(=O)c3ccc(Cl)cc3Cl)C2)cc1F. The third-order valence-corrected chi connectivity index (χ3v) is 8.41. The Morgan fingerprint density at radius 3 is 2.47 bits per heavy atom. The van der Waals surface area contributed by atoms with Gasteiger partial charge in [0.05, 0.1) is 22.9 Å². The van der Waals surface area contributed by atoms with Crippen molar-refractivity contribution in [1.29, 1.82) is 5.26 Å². The molecule has 9 nitrogen and oxygen atoms in total. The zero-order valence-corrected chi connectivity index (χ0v) is 20.7. The molecule has 0 saturated carbocycles. The van der Waals surface area contributed by atoms with Crippen LogP contribution in [-0.4, -0.2) is 64.2 Å². The number of nitrogens with one attached hydrogen (secondary N) is 1. The van der Waals surface area contributed by atoms with Gasteiger partial charge in [0.25, 0.3) is 10.1 Å². The molecule has 0 radical (unpaired) electrons. The molecule has 1 aliphatic heterocycles. The van der Waals surface area contributed by atoms with Crippen molar-refractivity contribution in [2.24, 2.45) is 5.41 Å². The maximum absolute atomic E-state index is 13.9. The second-order valence-electron chi connectivity index (χ2n) is 7.85. The van der Waals surface area contributed by atoms with Gasteiger partial charge in [-0.1, -0.05) is 23.2 Å². The van der Waals surface area contributed by atoms with E-state index >= 15 is 0 Å². The Morgan fingerprint density at radius 1 is 1.18 bits per heavy atom. The van der Waals surface area contributed by atoms with E-state index in [0.29, 0.717) is 0 Å². The molecule has 2 N–H and O–H groups in total. The molecule has 1 saturated heterocycles. The molecule has 184 valence electrons. The van der Waals surface area contributed by atoms with E-state index in [1.54, 1.807) is 6.07 Å². The van der Waals surface area contributed by atoms with Crippen molar-refractivity contribution in [3.8, 4) is 11.8 Å². The molecule has 34 heavy (non-hydrogen) atoms. The smallest absolute Gasteiger partial charge is 0.266 e. The molecule has 0 atom stereocenters. The van der Waals surface area contributed by atoms with Crippen molar-refractivity contribution < 1.29 is 30.5 Å². The number of halogens is 3. The number of benzene rings is 2. The normalized spacial score (nSPS) is 16.0. The van der Waals surface area contributed by atoms with Gasteiger partial charge >= 0.3 is 0 Å². The summed E-state index contributed by atoms with van der Waals surface area (Å²) in [4.78, 5) is -0.110. The van der Waals surface area contributed by atoms with Crippen molar-refractivity contribution in [3.63, 3.8) is 0 Å². The van der Waals surface area contributed by atoms with E-state index in [9.17, 15) is 21.2 Å². The third kappa shape index (κ3) is 6.37. The monoisotopic (exact) mass is 551 g/mol. The van der Waals surface area contributed by atoms with Gasteiger partial charge in [-0.3, -0.25) is 4.55 Å². The highest BCUT2D eigenvalue weighted by Gasteiger charge is 2.49. The van der Waals surface area contributed by atoms with Crippen LogP contribution in [0.25, 0.3) is 0 Å². The van der Waals surface area contributed by atoms with Gasteiger partial charge in [0, 0.05) is 42.7 Å². The Hall–Kier alpha value is -1.98. The molecule has 3 rings (SSSR count). The Kier molecular flexibility index (Phi) is 8.09. The van der Waals surface area contributed by atoms with Crippen LogP contribution in [0, 0.1) is 22.6 Å². The first-order chi connectivity index (χ1) is 15.8. The molecular formula is C20H20Cl2FN3O6S2. The van der Waals surface area contributed by atoms with E-state index < -0.39 is 37.1 Å². The van der Waals surface area contributed by atoms with Crippen LogP contribution in [0.3, 0.4) is 0 Å². The fourth-order valence-corrected chi connectivity index (χ4v) is 6.23. The topological polar surface area (TPSA) is 137 Å². The van der Waals surface area contributed by atoms with Gasteiger partial charge in [0.2, 0.25) is 10.0 Å². The van der Waals surface area contributed by atoms with E-state index in [4.69, 9.17) is 37.8 Å². The zero-order chi connectivity index (χ0) is 25.1. The highest BCUT2D eigenvalue weighted by atomic mass is 35.5. The van der Waals surface area contributed by atoms with Gasteiger partial charge in [-0.25, -0.2) is 12.8 Å². The molecule has 1 aliphatic rings. The summed E-state index contributed by atoms with van der Waals surface area (Å²) in [6.07, 6.45) is 0. The van der Waals surface area contributed by atoms with Crippen LogP contribution in [0.5, 0.6) is 5.75 Å². The summed E-state index contributed by atoms with van der Waals surface area (Å²) in [6.45, 7) is 0.0684. The largest absolute Gasteiger partial charge is 0.493 e. The average molecular weight is 552 g/mol. The number of sulfonamides is 1. The van der Waals surface area contributed by atoms with E-state index in [1.165, 1.54) is 34.6 Å². The second kappa shape index (κ2) is 10.3. The van der Waals surface area contributed by atoms with Crippen molar-refractivity contribution in [3.05, 3.63) is 57.8 Å². The minimum absolute atomic E-state index is 0.00588. The van der Waals surface area contributed by atoms with Crippen LogP contribution < -0.4 is 10.1 Å². The predicted molar refractivity (Wildman–Crippen MR) is 124 cm³/mol. The number of nitriles is 1. The fourth-order valence-electron chi connectivity index (χ4n) is 3.42. The van der Waals surface area contributed by atoms with Gasteiger partial charge < -0.3 is 10.1 Å². The van der Waals surface area contributed by atoms with Crippen LogP contribution >= 0.6 is 23.2 Å². The molecule has 2 aromatic rings. The van der Waals surface area contributed by atoms with Gasteiger partial charge in [-0.15, -0.1) is 0 Å². The molecule has 14 heteroatoms. The quantitative estimate of drug-likeness (QED) is 0.339. The Labute approximate surface area is 206 Å².